The number of rotatable bonds is 5. The number of anilines is 2. The molecule has 2 bridgehead atoms. The monoisotopic (exact) mass is 611 g/mol. The van der Waals surface area contributed by atoms with E-state index in [0.717, 1.165) is 37.6 Å². The van der Waals surface area contributed by atoms with Crippen molar-refractivity contribution in [2.45, 2.75) is 49.7 Å². The number of hydrogen-bond acceptors (Lipinski definition) is 8. The molecule has 4 aliphatic heterocycles. The summed E-state index contributed by atoms with van der Waals surface area (Å²) in [6, 6.07) is 9.62. The third kappa shape index (κ3) is 4.66. The number of nitrogens with two attached hydrogens (primary N) is 1. The number of benzene rings is 2. The third-order valence-corrected chi connectivity index (χ3v) is 9.97. The Labute approximate surface area is 258 Å². The molecule has 3 N–H and O–H groups in total. The van der Waals surface area contributed by atoms with Crippen molar-refractivity contribution >= 4 is 33.2 Å². The number of pyridine rings is 1. The molecule has 0 spiro atoms. The predicted octanol–water partition coefficient (Wildman–Crippen LogP) is 5.26. The van der Waals surface area contributed by atoms with Gasteiger partial charge in [-0.15, -0.1) is 6.42 Å². The third-order valence-electron chi connectivity index (χ3n) is 9.97. The summed E-state index contributed by atoms with van der Waals surface area (Å²) >= 11 is 0. The molecule has 11 heteroatoms. The smallest absolute Gasteiger partial charge is 0.319 e. The maximum atomic E-state index is 16.8. The van der Waals surface area contributed by atoms with E-state index in [-0.39, 0.29) is 42.4 Å². The molecule has 2 aromatic carbocycles. The zero-order valence-electron chi connectivity index (χ0n) is 24.6. The number of nitrogens with one attached hydrogen (secondary N) is 1. The van der Waals surface area contributed by atoms with Gasteiger partial charge in [0.1, 0.15) is 23.6 Å². The van der Waals surface area contributed by atoms with E-state index in [0.29, 0.717) is 58.6 Å². The summed E-state index contributed by atoms with van der Waals surface area (Å²) in [6.07, 6.45) is 9.81. The molecule has 0 amide bonds. The van der Waals surface area contributed by atoms with E-state index in [1.165, 1.54) is 0 Å². The lowest BCUT2D eigenvalue weighted by Gasteiger charge is -2.34. The minimum absolute atomic E-state index is 0.0144. The van der Waals surface area contributed by atoms with Crippen LogP contribution in [0.3, 0.4) is 0 Å². The van der Waals surface area contributed by atoms with Gasteiger partial charge in [0.25, 0.3) is 6.08 Å². The molecule has 0 saturated carbocycles. The highest BCUT2D eigenvalue weighted by Crippen LogP contribution is 2.43. The van der Waals surface area contributed by atoms with Crippen LogP contribution in [0.1, 0.15) is 37.7 Å². The topological polar surface area (TPSA) is 92.4 Å². The highest BCUT2D eigenvalue weighted by molar-refractivity contribution is 6.03. The van der Waals surface area contributed by atoms with Crippen LogP contribution < -0.4 is 20.7 Å². The molecule has 2 aromatic heterocycles. The lowest BCUT2D eigenvalue weighted by atomic mass is 9.94. The van der Waals surface area contributed by atoms with Crippen LogP contribution in [0.4, 0.5) is 24.7 Å². The Kier molecular flexibility index (Phi) is 6.62. The van der Waals surface area contributed by atoms with Gasteiger partial charge in [0.05, 0.1) is 10.9 Å². The minimum atomic E-state index is -1.62. The molecule has 0 radical (unpaired) electrons. The molecule has 3 atom stereocenters. The van der Waals surface area contributed by atoms with E-state index in [4.69, 9.17) is 21.9 Å². The molecule has 1 unspecified atom stereocenters. The molecule has 4 saturated heterocycles. The van der Waals surface area contributed by atoms with Crippen LogP contribution in [-0.4, -0.2) is 70.3 Å². The molecular formula is C34H32F3N7O. The zero-order chi connectivity index (χ0) is 30.9. The number of terminal acetylenes is 1. The first-order chi connectivity index (χ1) is 21.8. The van der Waals surface area contributed by atoms with Crippen molar-refractivity contribution in [2.75, 3.05) is 43.4 Å². The Morgan fingerprint density at radius 1 is 1.18 bits per heavy atom. The fourth-order valence-corrected chi connectivity index (χ4v) is 7.91. The van der Waals surface area contributed by atoms with E-state index >= 15 is 4.39 Å². The van der Waals surface area contributed by atoms with E-state index in [2.05, 4.69) is 31.0 Å². The van der Waals surface area contributed by atoms with Crippen molar-refractivity contribution < 1.29 is 17.9 Å². The van der Waals surface area contributed by atoms with Gasteiger partial charge < -0.3 is 20.7 Å². The number of halogens is 3. The van der Waals surface area contributed by atoms with Crippen LogP contribution in [0.2, 0.25) is 0 Å². The van der Waals surface area contributed by atoms with E-state index in [1.807, 2.05) is 12.1 Å². The van der Waals surface area contributed by atoms with Crippen molar-refractivity contribution in [3.63, 3.8) is 0 Å². The summed E-state index contributed by atoms with van der Waals surface area (Å²) in [5.74, 6) is 2.62. The summed E-state index contributed by atoms with van der Waals surface area (Å²) in [5.41, 5.74) is 7.51. The van der Waals surface area contributed by atoms with E-state index < -0.39 is 17.4 Å². The van der Waals surface area contributed by atoms with Gasteiger partial charge in [-0.05, 0) is 62.2 Å². The fraction of sp³-hybridized carbons (Fsp3) is 0.382. The minimum Gasteiger partial charge on any atom is -0.461 e. The summed E-state index contributed by atoms with van der Waals surface area (Å²) in [4.78, 5) is 18.2. The molecule has 8 rings (SSSR count). The maximum absolute atomic E-state index is 16.8. The molecule has 8 nitrogen and oxygen atoms in total. The molecule has 45 heavy (non-hydrogen) atoms. The summed E-state index contributed by atoms with van der Waals surface area (Å²) in [5, 5.41) is 5.55. The molecule has 4 aliphatic rings. The Bertz CT molecular complexity index is 1930. The number of nitrogen functional groups attached to an aromatic ring is 1. The molecule has 230 valence electrons. The highest BCUT2D eigenvalue weighted by Gasteiger charge is 2.48. The van der Waals surface area contributed by atoms with Crippen molar-refractivity contribution in [2.24, 2.45) is 0 Å². The SMILES string of the molecule is C#Cc1cccc2cc(N)cc(-c3ncc4c(N5C[C@H]6CC[C@@H](C5)N6)nc(OCC56CCCN5CC(=C(F)F)C6)nc4c3F)c12. The first kappa shape index (κ1) is 28.1. The number of hydrogen-bond donors (Lipinski definition) is 2. The number of fused-ring (bicyclic) bond motifs is 5. The van der Waals surface area contributed by atoms with Gasteiger partial charge >= 0.3 is 6.01 Å². The second-order valence-electron chi connectivity index (χ2n) is 12.8. The molecule has 6 heterocycles. The average molecular weight is 612 g/mol. The van der Waals surface area contributed by atoms with Crippen LogP contribution in [0, 0.1) is 18.2 Å². The van der Waals surface area contributed by atoms with Crippen LogP contribution >= 0.6 is 0 Å². The van der Waals surface area contributed by atoms with Gasteiger partial charge in [-0.3, -0.25) is 9.88 Å². The summed E-state index contributed by atoms with van der Waals surface area (Å²) in [7, 11) is 0. The largest absolute Gasteiger partial charge is 0.461 e. The molecular weight excluding hydrogens is 579 g/mol. The van der Waals surface area contributed by atoms with E-state index in [9.17, 15) is 8.78 Å². The second-order valence-corrected chi connectivity index (χ2v) is 12.8. The number of aromatic nitrogens is 3. The van der Waals surface area contributed by atoms with Gasteiger partial charge in [0.2, 0.25) is 0 Å². The lowest BCUT2D eigenvalue weighted by molar-refractivity contribution is 0.108. The van der Waals surface area contributed by atoms with Gasteiger partial charge in [-0.25, -0.2) is 4.39 Å². The van der Waals surface area contributed by atoms with Crippen molar-refractivity contribution in [3.05, 3.63) is 59.6 Å². The van der Waals surface area contributed by atoms with Crippen LogP contribution in [0.5, 0.6) is 6.01 Å². The second kappa shape index (κ2) is 10.6. The van der Waals surface area contributed by atoms with Gasteiger partial charge in [-0.2, -0.15) is 18.7 Å². The summed E-state index contributed by atoms with van der Waals surface area (Å²) < 4.78 is 50.2. The van der Waals surface area contributed by atoms with Gasteiger partial charge in [0.15, 0.2) is 5.82 Å². The fourth-order valence-electron chi connectivity index (χ4n) is 7.91. The summed E-state index contributed by atoms with van der Waals surface area (Å²) in [6.45, 7) is 2.50. The lowest BCUT2D eigenvalue weighted by Crippen LogP contribution is -2.51. The quantitative estimate of drug-likeness (QED) is 0.234. The highest BCUT2D eigenvalue weighted by atomic mass is 19.3. The first-order valence-corrected chi connectivity index (χ1v) is 15.4. The normalized spacial score (nSPS) is 24.4. The Morgan fingerprint density at radius 3 is 2.78 bits per heavy atom. The van der Waals surface area contributed by atoms with Crippen LogP contribution in [0.25, 0.3) is 32.9 Å². The number of ether oxygens (including phenoxy) is 1. The van der Waals surface area contributed by atoms with Crippen LogP contribution in [-0.2, 0) is 0 Å². The number of piperazine rings is 1. The van der Waals surface area contributed by atoms with Crippen molar-refractivity contribution in [1.82, 2.24) is 25.2 Å². The van der Waals surface area contributed by atoms with Crippen molar-refractivity contribution in [3.8, 4) is 29.6 Å². The standard InChI is InChI=1S/C34H32F3N7O/c1-2-19-5-3-6-20-11-22(38)12-25(27(19)20)29-28(35)30-26(14-39-29)32(43-16-23-7-8-24(17-43)40-23)42-33(41-30)45-18-34-9-4-10-44(34)15-21(13-34)31(36)37/h1,3,5-6,11-12,14,23-24,40H,4,7-10,13,15-18,38H2/t23-,24+,34?. The number of nitrogens with zero attached hydrogens (tertiary/aromatic N) is 5. The Balaban J connectivity index is 1.25. The Hall–Kier alpha value is -4.40. The van der Waals surface area contributed by atoms with Gasteiger partial charge in [-0.1, -0.05) is 18.1 Å². The van der Waals surface area contributed by atoms with Crippen molar-refractivity contribution in [1.29, 1.82) is 0 Å². The van der Waals surface area contributed by atoms with Gasteiger partial charge in [0, 0.05) is 65.7 Å². The zero-order valence-corrected chi connectivity index (χ0v) is 24.6. The molecule has 4 fully saturated rings. The average Bonchev–Trinajstić information content (AvgIpc) is 3.70. The maximum Gasteiger partial charge on any atom is 0.319 e. The van der Waals surface area contributed by atoms with E-state index in [1.54, 1.807) is 24.4 Å². The predicted molar refractivity (Wildman–Crippen MR) is 168 cm³/mol. The Morgan fingerprint density at radius 2 is 2.00 bits per heavy atom. The molecule has 0 aliphatic carbocycles. The first-order valence-electron chi connectivity index (χ1n) is 15.4. The van der Waals surface area contributed by atoms with Crippen LogP contribution in [0.15, 0.2) is 48.2 Å². The molecule has 4 aromatic rings.